The van der Waals surface area contributed by atoms with E-state index in [2.05, 4.69) is 17.2 Å². The van der Waals surface area contributed by atoms with Gasteiger partial charge >= 0.3 is 0 Å². The van der Waals surface area contributed by atoms with Crippen molar-refractivity contribution in [2.45, 2.75) is 30.8 Å². The van der Waals surface area contributed by atoms with Crippen LogP contribution in [0.4, 0.5) is 5.82 Å². The zero-order valence-corrected chi connectivity index (χ0v) is 15.2. The van der Waals surface area contributed by atoms with E-state index in [1.165, 1.54) is 0 Å². The number of carbonyl (C=O) groups excluding carboxylic acids is 1. The molecule has 138 valence electrons. The van der Waals surface area contributed by atoms with Gasteiger partial charge in [-0.3, -0.25) is 4.79 Å². The highest BCUT2D eigenvalue weighted by Crippen LogP contribution is 2.58. The predicted octanol–water partition coefficient (Wildman–Crippen LogP) is 2.81. The highest BCUT2D eigenvalue weighted by atomic mass is 16.5. The van der Waals surface area contributed by atoms with Crippen LogP contribution in [-0.4, -0.2) is 39.6 Å². The Morgan fingerprint density at radius 2 is 2.19 bits per heavy atom. The molecule has 3 aliphatic rings. The second kappa shape index (κ2) is 5.53. The summed E-state index contributed by atoms with van der Waals surface area (Å²) in [6, 6.07) is 7.15. The summed E-state index contributed by atoms with van der Waals surface area (Å²) >= 11 is 0. The van der Waals surface area contributed by atoms with Gasteiger partial charge in [0.1, 0.15) is 17.2 Å². The third kappa shape index (κ3) is 2.49. The summed E-state index contributed by atoms with van der Waals surface area (Å²) in [5.74, 6) is 0.694. The van der Waals surface area contributed by atoms with Crippen LogP contribution < -0.4 is 10.1 Å². The lowest BCUT2D eigenvalue weighted by Gasteiger charge is -2.41. The summed E-state index contributed by atoms with van der Waals surface area (Å²) in [4.78, 5) is 21.6. The molecule has 5 heterocycles. The van der Waals surface area contributed by atoms with Gasteiger partial charge in [-0.25, -0.2) is 9.97 Å². The van der Waals surface area contributed by atoms with Gasteiger partial charge in [0.25, 0.3) is 5.91 Å². The Balaban J connectivity index is 1.50. The summed E-state index contributed by atoms with van der Waals surface area (Å²) in [5, 5.41) is 2.80. The Labute approximate surface area is 156 Å². The SMILES string of the molecule is COc1cc2nc(C34COC(C)(C3)C4)cn2cc1C(=O)Nc1ccccn1. The molecule has 1 aliphatic carbocycles. The zero-order valence-electron chi connectivity index (χ0n) is 15.2. The molecule has 6 rings (SSSR count). The summed E-state index contributed by atoms with van der Waals surface area (Å²) in [5.41, 5.74) is 2.21. The van der Waals surface area contributed by atoms with Gasteiger partial charge in [-0.15, -0.1) is 0 Å². The quantitative estimate of drug-likeness (QED) is 0.770. The number of imidazole rings is 1. The number of rotatable bonds is 4. The van der Waals surface area contributed by atoms with E-state index < -0.39 is 0 Å². The minimum Gasteiger partial charge on any atom is -0.496 e. The van der Waals surface area contributed by atoms with E-state index in [1.54, 1.807) is 37.7 Å². The van der Waals surface area contributed by atoms with Crippen LogP contribution in [0, 0.1) is 0 Å². The van der Waals surface area contributed by atoms with E-state index >= 15 is 0 Å². The van der Waals surface area contributed by atoms with Crippen LogP contribution in [0.15, 0.2) is 42.9 Å². The van der Waals surface area contributed by atoms with Gasteiger partial charge in [-0.05, 0) is 31.9 Å². The normalized spacial score (nSPS) is 26.0. The average molecular weight is 364 g/mol. The molecule has 27 heavy (non-hydrogen) atoms. The van der Waals surface area contributed by atoms with Crippen molar-refractivity contribution in [2.75, 3.05) is 19.0 Å². The molecule has 7 nitrogen and oxygen atoms in total. The zero-order chi connectivity index (χ0) is 18.6. The lowest BCUT2D eigenvalue weighted by molar-refractivity contribution is 0.0154. The molecule has 3 fully saturated rings. The fourth-order valence-corrected chi connectivity index (χ4v) is 4.38. The third-order valence-corrected chi connectivity index (χ3v) is 5.59. The van der Waals surface area contributed by atoms with Crippen LogP contribution in [0.5, 0.6) is 5.75 Å². The van der Waals surface area contributed by atoms with Crippen LogP contribution in [0.25, 0.3) is 5.65 Å². The molecule has 1 saturated carbocycles. The van der Waals surface area contributed by atoms with Gasteiger partial charge in [0.05, 0.1) is 30.6 Å². The maximum atomic E-state index is 12.7. The lowest BCUT2D eigenvalue weighted by atomic mass is 9.62. The molecule has 1 amide bonds. The molecule has 2 bridgehead atoms. The fourth-order valence-electron chi connectivity index (χ4n) is 4.38. The van der Waals surface area contributed by atoms with Crippen molar-refractivity contribution in [2.24, 2.45) is 0 Å². The Hall–Kier alpha value is -2.93. The number of hydrogen-bond donors (Lipinski definition) is 1. The number of anilines is 1. The van der Waals surface area contributed by atoms with Crippen molar-refractivity contribution >= 4 is 17.4 Å². The lowest BCUT2D eigenvalue weighted by Crippen LogP contribution is -2.45. The fraction of sp³-hybridized carbons (Fsp3) is 0.350. The number of ether oxygens (including phenoxy) is 2. The van der Waals surface area contributed by atoms with Crippen molar-refractivity contribution < 1.29 is 14.3 Å². The Kier molecular flexibility index (Phi) is 3.33. The van der Waals surface area contributed by atoms with E-state index in [-0.39, 0.29) is 16.9 Å². The average Bonchev–Trinajstić information content (AvgIpc) is 3.31. The number of amides is 1. The number of methoxy groups -OCH3 is 1. The first-order valence-electron chi connectivity index (χ1n) is 8.94. The van der Waals surface area contributed by atoms with Crippen LogP contribution in [0.1, 0.15) is 35.8 Å². The van der Waals surface area contributed by atoms with Gasteiger partial charge in [-0.2, -0.15) is 0 Å². The maximum Gasteiger partial charge on any atom is 0.262 e. The van der Waals surface area contributed by atoms with E-state index in [0.29, 0.717) is 23.7 Å². The molecule has 1 N–H and O–H groups in total. The third-order valence-electron chi connectivity index (χ3n) is 5.59. The number of carbonyl (C=O) groups is 1. The van der Waals surface area contributed by atoms with Crippen molar-refractivity contribution in [1.29, 1.82) is 0 Å². The Morgan fingerprint density at radius 3 is 2.85 bits per heavy atom. The Morgan fingerprint density at radius 1 is 1.33 bits per heavy atom. The first-order valence-corrected chi connectivity index (χ1v) is 8.94. The van der Waals surface area contributed by atoms with Gasteiger partial charge in [-0.1, -0.05) is 6.07 Å². The minimum absolute atomic E-state index is 0.00121. The molecule has 7 heteroatoms. The highest BCUT2D eigenvalue weighted by molar-refractivity contribution is 6.05. The van der Waals surface area contributed by atoms with Gasteiger partial charge < -0.3 is 19.2 Å². The summed E-state index contributed by atoms with van der Waals surface area (Å²) in [7, 11) is 1.55. The summed E-state index contributed by atoms with van der Waals surface area (Å²) in [6.07, 6.45) is 7.38. The molecule has 2 aliphatic heterocycles. The Bertz CT molecular complexity index is 1040. The largest absolute Gasteiger partial charge is 0.496 e. The molecule has 0 unspecified atom stereocenters. The summed E-state index contributed by atoms with van der Waals surface area (Å²) in [6.45, 7) is 2.86. The highest BCUT2D eigenvalue weighted by Gasteiger charge is 2.61. The van der Waals surface area contributed by atoms with E-state index in [4.69, 9.17) is 14.5 Å². The molecule has 0 spiro atoms. The molecular weight excluding hydrogens is 344 g/mol. The van der Waals surface area contributed by atoms with Crippen molar-refractivity contribution in [3.63, 3.8) is 0 Å². The molecule has 2 saturated heterocycles. The van der Waals surface area contributed by atoms with Crippen LogP contribution >= 0.6 is 0 Å². The van der Waals surface area contributed by atoms with Gasteiger partial charge in [0, 0.05) is 30.1 Å². The molecule has 0 atom stereocenters. The van der Waals surface area contributed by atoms with Crippen molar-refractivity contribution in [3.05, 3.63) is 54.1 Å². The minimum atomic E-state index is -0.277. The standard InChI is InChI=1S/C20H20N4O3/c1-19-10-20(11-19,12-27-19)15-9-24-8-13(14(26-2)7-17(24)22-15)18(25)23-16-5-3-4-6-21-16/h3-9H,10-12H2,1-2H3,(H,21,23,25). The number of fused-ring (bicyclic) bond motifs is 2. The molecule has 0 radical (unpaired) electrons. The van der Waals surface area contributed by atoms with Crippen LogP contribution in [0.3, 0.4) is 0 Å². The number of pyridine rings is 2. The molecule has 3 aromatic heterocycles. The topological polar surface area (TPSA) is 77.8 Å². The van der Waals surface area contributed by atoms with Crippen molar-refractivity contribution in [1.82, 2.24) is 14.4 Å². The van der Waals surface area contributed by atoms with E-state index in [9.17, 15) is 4.79 Å². The second-order valence-corrected chi connectivity index (χ2v) is 7.69. The van der Waals surface area contributed by atoms with Gasteiger partial charge in [0.2, 0.25) is 0 Å². The molecule has 3 aromatic rings. The maximum absolute atomic E-state index is 12.7. The molecule has 0 aromatic carbocycles. The van der Waals surface area contributed by atoms with Crippen molar-refractivity contribution in [3.8, 4) is 5.75 Å². The first kappa shape index (κ1) is 16.3. The van der Waals surface area contributed by atoms with Crippen LogP contribution in [0.2, 0.25) is 0 Å². The van der Waals surface area contributed by atoms with Gasteiger partial charge in [0.15, 0.2) is 0 Å². The monoisotopic (exact) mass is 364 g/mol. The predicted molar refractivity (Wildman–Crippen MR) is 99.2 cm³/mol. The number of hydrogen-bond acceptors (Lipinski definition) is 5. The number of nitrogens with zero attached hydrogens (tertiary/aromatic N) is 3. The smallest absolute Gasteiger partial charge is 0.262 e. The van der Waals surface area contributed by atoms with Crippen LogP contribution in [-0.2, 0) is 10.2 Å². The van der Waals surface area contributed by atoms with E-state index in [1.807, 2.05) is 16.7 Å². The summed E-state index contributed by atoms with van der Waals surface area (Å²) < 4.78 is 13.2. The van der Waals surface area contributed by atoms with E-state index in [0.717, 1.165) is 24.2 Å². The number of nitrogens with one attached hydrogen (secondary N) is 1. The molecular formula is C20H20N4O3. The first-order chi connectivity index (χ1) is 13.0. The second-order valence-electron chi connectivity index (χ2n) is 7.69. The number of aromatic nitrogens is 3.